The molecule has 0 aliphatic rings. The molecule has 0 unspecified atom stereocenters. The lowest BCUT2D eigenvalue weighted by Gasteiger charge is -2.13. The number of aryl methyl sites for hydroxylation is 1. The zero-order valence-electron chi connectivity index (χ0n) is 17.5. The van der Waals surface area contributed by atoms with Gasteiger partial charge in [0.15, 0.2) is 0 Å². The molecule has 0 saturated heterocycles. The number of fused-ring (bicyclic) bond motifs is 1. The van der Waals surface area contributed by atoms with Crippen molar-refractivity contribution in [1.29, 1.82) is 0 Å². The highest BCUT2D eigenvalue weighted by Gasteiger charge is 2.36. The third kappa shape index (κ3) is 5.15. The quantitative estimate of drug-likeness (QED) is 0.153. The van der Waals surface area contributed by atoms with Crippen LogP contribution in [0.15, 0.2) is 35.5 Å². The summed E-state index contributed by atoms with van der Waals surface area (Å²) in [7, 11) is -3.40. The minimum atomic E-state index is -4.89. The summed E-state index contributed by atoms with van der Waals surface area (Å²) in [5.41, 5.74) is -0.379. The van der Waals surface area contributed by atoms with Gasteiger partial charge in [-0.05, 0) is 25.5 Å². The Morgan fingerprint density at radius 2 is 1.94 bits per heavy atom. The Balaban J connectivity index is 2.28. The van der Waals surface area contributed by atoms with Gasteiger partial charge < -0.3 is 9.77 Å². The topological polar surface area (TPSA) is 83.7 Å². The van der Waals surface area contributed by atoms with Crippen molar-refractivity contribution < 1.29 is 31.2 Å². The molecular weight excluding hydrogens is 486 g/mol. The SMILES string of the molecule is Cc1c(-c2cccc(C(F)(F)F)c2F)c2c(C=NO)ccc(Cl)c2n1CCCNS(C)(=O)=O. The van der Waals surface area contributed by atoms with Gasteiger partial charge in [-0.1, -0.05) is 35.0 Å². The Kier molecular flexibility index (Phi) is 7.06. The van der Waals surface area contributed by atoms with Crippen LogP contribution in [0, 0.1) is 12.7 Å². The lowest BCUT2D eigenvalue weighted by atomic mass is 9.96. The van der Waals surface area contributed by atoms with Gasteiger partial charge in [0.05, 0.1) is 28.6 Å². The Hall–Kier alpha value is -2.63. The van der Waals surface area contributed by atoms with Crippen molar-refractivity contribution in [2.45, 2.75) is 26.1 Å². The van der Waals surface area contributed by atoms with E-state index in [1.807, 2.05) is 0 Å². The molecule has 12 heteroatoms. The van der Waals surface area contributed by atoms with Crippen molar-refractivity contribution in [3.05, 3.63) is 58.0 Å². The fraction of sp³-hybridized carbons (Fsp3) is 0.286. The first-order valence-electron chi connectivity index (χ1n) is 9.66. The molecule has 6 nitrogen and oxygen atoms in total. The van der Waals surface area contributed by atoms with Gasteiger partial charge in [0.1, 0.15) is 5.82 Å². The van der Waals surface area contributed by atoms with Crippen LogP contribution in [0.1, 0.15) is 23.2 Å². The van der Waals surface area contributed by atoms with Gasteiger partial charge >= 0.3 is 6.18 Å². The monoisotopic (exact) mass is 505 g/mol. The van der Waals surface area contributed by atoms with E-state index in [1.54, 1.807) is 11.5 Å². The summed E-state index contributed by atoms with van der Waals surface area (Å²) >= 11 is 6.42. The van der Waals surface area contributed by atoms with E-state index in [9.17, 15) is 21.6 Å². The zero-order chi connectivity index (χ0) is 24.6. The van der Waals surface area contributed by atoms with Crippen molar-refractivity contribution in [2.24, 2.45) is 5.16 Å². The number of benzene rings is 2. The maximum atomic E-state index is 15.1. The Morgan fingerprint density at radius 1 is 1.24 bits per heavy atom. The number of oxime groups is 1. The van der Waals surface area contributed by atoms with Crippen molar-refractivity contribution >= 4 is 38.7 Å². The summed E-state index contributed by atoms with van der Waals surface area (Å²) in [4.78, 5) is 0. The molecule has 0 bridgehead atoms. The minimum Gasteiger partial charge on any atom is -0.411 e. The normalized spacial score (nSPS) is 12.8. The number of alkyl halides is 3. The first-order valence-corrected chi connectivity index (χ1v) is 11.9. The maximum absolute atomic E-state index is 15.1. The van der Waals surface area contributed by atoms with Crippen LogP contribution in [0.5, 0.6) is 0 Å². The molecule has 0 aliphatic carbocycles. The van der Waals surface area contributed by atoms with Crippen molar-refractivity contribution in [2.75, 3.05) is 12.8 Å². The predicted molar refractivity (Wildman–Crippen MR) is 119 cm³/mol. The van der Waals surface area contributed by atoms with E-state index < -0.39 is 27.6 Å². The zero-order valence-corrected chi connectivity index (χ0v) is 19.1. The summed E-state index contributed by atoms with van der Waals surface area (Å²) < 4.78 is 81.9. The average Bonchev–Trinajstić information content (AvgIpc) is 2.99. The largest absolute Gasteiger partial charge is 0.419 e. The third-order valence-corrected chi connectivity index (χ3v) is 6.17. The second-order valence-electron chi connectivity index (χ2n) is 7.40. The van der Waals surface area contributed by atoms with Crippen LogP contribution in [-0.2, 0) is 22.7 Å². The third-order valence-electron chi connectivity index (χ3n) is 5.14. The first-order chi connectivity index (χ1) is 15.4. The number of sulfonamides is 1. The molecule has 0 spiro atoms. The molecule has 1 heterocycles. The van der Waals surface area contributed by atoms with Gasteiger partial charge in [0.2, 0.25) is 10.0 Å². The van der Waals surface area contributed by atoms with E-state index in [0.717, 1.165) is 18.5 Å². The van der Waals surface area contributed by atoms with Crippen LogP contribution in [0.2, 0.25) is 5.02 Å². The van der Waals surface area contributed by atoms with Crippen LogP contribution >= 0.6 is 11.6 Å². The van der Waals surface area contributed by atoms with E-state index in [2.05, 4.69) is 9.88 Å². The molecule has 0 amide bonds. The lowest BCUT2D eigenvalue weighted by molar-refractivity contribution is -0.139. The second-order valence-corrected chi connectivity index (χ2v) is 9.64. The van der Waals surface area contributed by atoms with Crippen molar-refractivity contribution in [1.82, 2.24) is 9.29 Å². The first kappa shape index (κ1) is 25.0. The van der Waals surface area contributed by atoms with Crippen molar-refractivity contribution in [3.8, 4) is 11.1 Å². The number of rotatable bonds is 7. The maximum Gasteiger partial charge on any atom is 0.419 e. The highest BCUT2D eigenvalue weighted by molar-refractivity contribution is 7.88. The molecule has 0 saturated carbocycles. The summed E-state index contributed by atoms with van der Waals surface area (Å²) in [5.74, 6) is -1.43. The molecule has 0 aliphatic heterocycles. The number of nitrogens with zero attached hydrogens (tertiary/aromatic N) is 2. The van der Waals surface area contributed by atoms with Gasteiger partial charge in [-0.2, -0.15) is 13.2 Å². The molecule has 0 fully saturated rings. The molecular formula is C21H20ClF4N3O3S. The fourth-order valence-electron chi connectivity index (χ4n) is 3.81. The Morgan fingerprint density at radius 3 is 2.55 bits per heavy atom. The van der Waals surface area contributed by atoms with Crippen LogP contribution in [0.4, 0.5) is 17.6 Å². The molecule has 0 atom stereocenters. The van der Waals surface area contributed by atoms with Gasteiger partial charge in [-0.15, -0.1) is 0 Å². The van der Waals surface area contributed by atoms with E-state index in [0.29, 0.717) is 34.6 Å². The van der Waals surface area contributed by atoms with Crippen LogP contribution in [0.25, 0.3) is 22.0 Å². The number of hydrogen-bond acceptors (Lipinski definition) is 4. The van der Waals surface area contributed by atoms with Crippen LogP contribution < -0.4 is 4.72 Å². The lowest BCUT2D eigenvalue weighted by Crippen LogP contribution is -2.24. The average molecular weight is 506 g/mol. The molecule has 1 aromatic heterocycles. The number of aromatic nitrogens is 1. The van der Waals surface area contributed by atoms with Gasteiger partial charge in [-0.3, -0.25) is 0 Å². The van der Waals surface area contributed by atoms with Gasteiger partial charge in [-0.25, -0.2) is 17.5 Å². The predicted octanol–water partition coefficient (Wildman–Crippen LogP) is 5.18. The summed E-state index contributed by atoms with van der Waals surface area (Å²) in [6, 6.07) is 6.05. The van der Waals surface area contributed by atoms with Gasteiger partial charge in [0.25, 0.3) is 0 Å². The highest BCUT2D eigenvalue weighted by atomic mass is 35.5. The molecule has 0 radical (unpaired) electrons. The van der Waals surface area contributed by atoms with Crippen LogP contribution in [-0.4, -0.2) is 37.2 Å². The molecule has 178 valence electrons. The number of nitrogens with one attached hydrogen (secondary N) is 1. The Labute approximate surface area is 192 Å². The summed E-state index contributed by atoms with van der Waals surface area (Å²) in [6.45, 7) is 1.96. The summed E-state index contributed by atoms with van der Waals surface area (Å²) in [6.07, 6.45) is -2.45. The van der Waals surface area contributed by atoms with E-state index >= 15 is 4.39 Å². The molecule has 2 aromatic carbocycles. The molecule has 2 N–H and O–H groups in total. The molecule has 3 aromatic rings. The van der Waals surface area contributed by atoms with Crippen molar-refractivity contribution in [3.63, 3.8) is 0 Å². The number of halogens is 5. The highest BCUT2D eigenvalue weighted by Crippen LogP contribution is 2.43. The standard InChI is InChI=1S/C21H20ClF4N3O3S/c1-12-17(14-5-3-6-15(19(14)23)21(24,25)26)18-13(11-27-30)7-8-16(22)20(18)29(12)10-4-9-28-33(2,31)32/h3,5-8,11,28,30H,4,9-10H2,1-2H3. The van der Waals surface area contributed by atoms with Gasteiger partial charge in [0, 0.05) is 40.9 Å². The fourth-order valence-corrected chi connectivity index (χ4v) is 4.58. The second kappa shape index (κ2) is 9.32. The molecule has 33 heavy (non-hydrogen) atoms. The minimum absolute atomic E-state index is 0.112. The smallest absolute Gasteiger partial charge is 0.411 e. The van der Waals surface area contributed by atoms with E-state index in [1.165, 1.54) is 18.2 Å². The van der Waals surface area contributed by atoms with E-state index in [-0.39, 0.29) is 29.2 Å². The number of hydrogen-bond donors (Lipinski definition) is 2. The van der Waals surface area contributed by atoms with Crippen LogP contribution in [0.3, 0.4) is 0 Å². The Bertz CT molecular complexity index is 1330. The molecule has 3 rings (SSSR count). The summed E-state index contributed by atoms with van der Waals surface area (Å²) in [5, 5.41) is 12.7. The van der Waals surface area contributed by atoms with E-state index in [4.69, 9.17) is 16.8 Å².